The number of thiazole rings is 1. The van der Waals surface area contributed by atoms with Crippen LogP contribution in [0.15, 0.2) is 23.6 Å². The van der Waals surface area contributed by atoms with E-state index in [1.165, 1.54) is 17.4 Å². The van der Waals surface area contributed by atoms with Gasteiger partial charge in [-0.05, 0) is 18.2 Å². The Bertz CT molecular complexity index is 584. The van der Waals surface area contributed by atoms with Gasteiger partial charge in [0.15, 0.2) is 5.13 Å². The topological polar surface area (TPSA) is 24.9 Å². The van der Waals surface area contributed by atoms with E-state index in [9.17, 15) is 13.2 Å². The molecule has 0 amide bonds. The number of alkyl halides is 4. The Balaban J connectivity index is 2.28. The highest BCUT2D eigenvalue weighted by Gasteiger charge is 2.31. The van der Waals surface area contributed by atoms with Crippen LogP contribution in [0.2, 0.25) is 5.02 Å². The van der Waals surface area contributed by atoms with E-state index in [-0.39, 0.29) is 16.6 Å². The van der Waals surface area contributed by atoms with Gasteiger partial charge in [-0.15, -0.1) is 22.9 Å². The van der Waals surface area contributed by atoms with Crippen LogP contribution in [0.1, 0.15) is 11.3 Å². The SMILES string of the molecule is FC(F)(F)c1ccc(Cl)c(Nc2nc(CCl)cs2)c1. The molecule has 0 fully saturated rings. The van der Waals surface area contributed by atoms with Crippen molar-refractivity contribution >= 4 is 45.4 Å². The van der Waals surface area contributed by atoms with Crippen molar-refractivity contribution in [3.8, 4) is 0 Å². The van der Waals surface area contributed by atoms with Crippen molar-refractivity contribution in [3.63, 3.8) is 0 Å². The number of anilines is 2. The van der Waals surface area contributed by atoms with Crippen molar-refractivity contribution in [1.82, 2.24) is 4.98 Å². The van der Waals surface area contributed by atoms with Crippen LogP contribution < -0.4 is 5.32 Å². The zero-order chi connectivity index (χ0) is 14.0. The molecule has 0 saturated heterocycles. The molecule has 0 radical (unpaired) electrons. The van der Waals surface area contributed by atoms with E-state index in [2.05, 4.69) is 10.3 Å². The van der Waals surface area contributed by atoms with Gasteiger partial charge in [0, 0.05) is 5.38 Å². The maximum absolute atomic E-state index is 12.6. The number of nitrogens with zero attached hydrogens (tertiary/aromatic N) is 1. The molecule has 2 nitrogen and oxygen atoms in total. The average Bonchev–Trinajstić information content (AvgIpc) is 2.78. The Morgan fingerprint density at radius 1 is 1.32 bits per heavy atom. The third-order valence-corrected chi connectivity index (χ3v) is 3.63. The monoisotopic (exact) mass is 326 g/mol. The highest BCUT2D eigenvalue weighted by Crippen LogP contribution is 2.35. The molecule has 2 aromatic rings. The van der Waals surface area contributed by atoms with Gasteiger partial charge in [-0.1, -0.05) is 11.6 Å². The lowest BCUT2D eigenvalue weighted by Crippen LogP contribution is -2.05. The van der Waals surface area contributed by atoms with Crippen molar-refractivity contribution in [2.75, 3.05) is 5.32 Å². The maximum Gasteiger partial charge on any atom is 0.416 e. The Hall–Kier alpha value is -0.980. The first kappa shape index (κ1) is 14.4. The number of nitrogens with one attached hydrogen (secondary N) is 1. The molecule has 0 aliphatic carbocycles. The van der Waals surface area contributed by atoms with Gasteiger partial charge in [0.2, 0.25) is 0 Å². The van der Waals surface area contributed by atoms with Gasteiger partial charge in [-0.25, -0.2) is 4.98 Å². The normalized spacial score (nSPS) is 11.6. The highest BCUT2D eigenvalue weighted by molar-refractivity contribution is 7.13. The zero-order valence-electron chi connectivity index (χ0n) is 9.26. The molecule has 0 unspecified atom stereocenters. The lowest BCUT2D eigenvalue weighted by Gasteiger charge is -2.10. The molecule has 0 saturated carbocycles. The van der Waals surface area contributed by atoms with Crippen LogP contribution >= 0.6 is 34.5 Å². The standard InChI is InChI=1S/C11H7Cl2F3N2S/c12-4-7-5-19-10(17-7)18-9-3-6(11(14,15)16)1-2-8(9)13/h1-3,5H,4H2,(H,17,18). The van der Waals surface area contributed by atoms with Gasteiger partial charge >= 0.3 is 6.18 Å². The number of hydrogen-bond donors (Lipinski definition) is 1. The van der Waals surface area contributed by atoms with Crippen LogP contribution in [0, 0.1) is 0 Å². The van der Waals surface area contributed by atoms with Gasteiger partial charge in [0.05, 0.1) is 27.8 Å². The summed E-state index contributed by atoms with van der Waals surface area (Å²) in [5.74, 6) is 0.245. The van der Waals surface area contributed by atoms with E-state index in [4.69, 9.17) is 23.2 Å². The largest absolute Gasteiger partial charge is 0.416 e. The summed E-state index contributed by atoms with van der Waals surface area (Å²) in [4.78, 5) is 4.09. The van der Waals surface area contributed by atoms with Gasteiger partial charge in [0.1, 0.15) is 0 Å². The molecule has 1 N–H and O–H groups in total. The second-order valence-electron chi connectivity index (χ2n) is 3.60. The second-order valence-corrected chi connectivity index (χ2v) is 5.13. The minimum atomic E-state index is -4.41. The van der Waals surface area contributed by atoms with Gasteiger partial charge in [-0.3, -0.25) is 0 Å². The fourth-order valence-corrected chi connectivity index (χ4v) is 2.45. The first-order valence-electron chi connectivity index (χ1n) is 5.04. The predicted octanol–water partition coefficient (Wildman–Crippen LogP) is 5.30. The summed E-state index contributed by atoms with van der Waals surface area (Å²) in [5.41, 5.74) is 0.0396. The van der Waals surface area contributed by atoms with E-state index in [1.807, 2.05) is 0 Å². The van der Waals surface area contributed by atoms with Crippen LogP contribution in [0.3, 0.4) is 0 Å². The minimum absolute atomic E-state index is 0.159. The zero-order valence-corrected chi connectivity index (χ0v) is 11.6. The molecule has 8 heteroatoms. The molecule has 1 aromatic carbocycles. The summed E-state index contributed by atoms with van der Waals surface area (Å²) in [7, 11) is 0. The first-order chi connectivity index (χ1) is 8.90. The molecule has 0 bridgehead atoms. The van der Waals surface area contributed by atoms with E-state index in [0.29, 0.717) is 10.8 Å². The van der Waals surface area contributed by atoms with Crippen molar-refractivity contribution in [1.29, 1.82) is 0 Å². The fourth-order valence-electron chi connectivity index (χ4n) is 1.34. The molecule has 19 heavy (non-hydrogen) atoms. The highest BCUT2D eigenvalue weighted by atomic mass is 35.5. The smallest absolute Gasteiger partial charge is 0.330 e. The van der Waals surface area contributed by atoms with E-state index in [1.54, 1.807) is 5.38 Å². The molecule has 0 atom stereocenters. The average molecular weight is 327 g/mol. The number of aromatic nitrogens is 1. The number of halogens is 5. The van der Waals surface area contributed by atoms with Crippen LogP contribution in [0.4, 0.5) is 24.0 Å². The lowest BCUT2D eigenvalue weighted by atomic mass is 10.2. The van der Waals surface area contributed by atoms with Crippen molar-refractivity contribution < 1.29 is 13.2 Å². The molecular weight excluding hydrogens is 320 g/mol. The number of hydrogen-bond acceptors (Lipinski definition) is 3. The minimum Gasteiger partial charge on any atom is -0.330 e. The Kier molecular flexibility index (Phi) is 4.23. The summed E-state index contributed by atoms with van der Waals surface area (Å²) in [6, 6.07) is 3.08. The van der Waals surface area contributed by atoms with Crippen LogP contribution in [0.5, 0.6) is 0 Å². The molecule has 1 aromatic heterocycles. The third-order valence-electron chi connectivity index (χ3n) is 2.22. The summed E-state index contributed by atoms with van der Waals surface area (Å²) < 4.78 is 37.8. The van der Waals surface area contributed by atoms with E-state index in [0.717, 1.165) is 12.1 Å². The Labute approximate surface area is 121 Å². The molecule has 0 aliphatic rings. The third kappa shape index (κ3) is 3.52. The number of benzene rings is 1. The van der Waals surface area contributed by atoms with Crippen LogP contribution in [-0.2, 0) is 12.1 Å². The number of rotatable bonds is 3. The van der Waals surface area contributed by atoms with Gasteiger partial charge < -0.3 is 5.32 Å². The molecule has 0 aliphatic heterocycles. The van der Waals surface area contributed by atoms with Gasteiger partial charge in [-0.2, -0.15) is 13.2 Å². The first-order valence-corrected chi connectivity index (χ1v) is 6.83. The van der Waals surface area contributed by atoms with Crippen molar-refractivity contribution in [3.05, 3.63) is 39.9 Å². The molecule has 2 rings (SSSR count). The summed E-state index contributed by atoms with van der Waals surface area (Å²) >= 11 is 12.7. The lowest BCUT2D eigenvalue weighted by molar-refractivity contribution is -0.137. The predicted molar refractivity (Wildman–Crippen MR) is 71.4 cm³/mol. The fraction of sp³-hybridized carbons (Fsp3) is 0.182. The van der Waals surface area contributed by atoms with Crippen LogP contribution in [0.25, 0.3) is 0 Å². The molecule has 1 heterocycles. The second kappa shape index (κ2) is 5.56. The van der Waals surface area contributed by atoms with Crippen LogP contribution in [-0.4, -0.2) is 4.98 Å². The molecular formula is C11H7Cl2F3N2S. The maximum atomic E-state index is 12.6. The van der Waals surface area contributed by atoms with Gasteiger partial charge in [0.25, 0.3) is 0 Å². The molecule has 102 valence electrons. The molecule has 0 spiro atoms. The summed E-state index contributed by atoms with van der Waals surface area (Å²) in [6.07, 6.45) is -4.41. The van der Waals surface area contributed by atoms with Crippen molar-refractivity contribution in [2.24, 2.45) is 0 Å². The quantitative estimate of drug-likeness (QED) is 0.774. The van der Waals surface area contributed by atoms with E-state index < -0.39 is 11.7 Å². The van der Waals surface area contributed by atoms with Crippen molar-refractivity contribution in [2.45, 2.75) is 12.1 Å². The van der Waals surface area contributed by atoms with E-state index >= 15 is 0 Å². The Morgan fingerprint density at radius 3 is 2.63 bits per heavy atom. The Morgan fingerprint density at radius 2 is 2.05 bits per heavy atom. The summed E-state index contributed by atoms with van der Waals surface area (Å²) in [5, 5.41) is 5.11. The summed E-state index contributed by atoms with van der Waals surface area (Å²) in [6.45, 7) is 0.